The summed E-state index contributed by atoms with van der Waals surface area (Å²) in [6.45, 7) is 0.0506. The van der Waals surface area contributed by atoms with Crippen molar-refractivity contribution in [2.75, 3.05) is 5.75 Å². The number of halogens is 2. The number of amides is 1. The summed E-state index contributed by atoms with van der Waals surface area (Å²) in [5.41, 5.74) is 1.06. The Hall–Kier alpha value is -1.95. The Balaban J connectivity index is 1.88. The van der Waals surface area contributed by atoms with Gasteiger partial charge in [0, 0.05) is 23.5 Å². The highest BCUT2D eigenvalue weighted by atomic mass is 32.2. The molecule has 1 aliphatic rings. The van der Waals surface area contributed by atoms with Crippen molar-refractivity contribution in [2.45, 2.75) is 11.9 Å². The third kappa shape index (κ3) is 2.76. The Morgan fingerprint density at radius 1 is 1.29 bits per heavy atom. The summed E-state index contributed by atoms with van der Waals surface area (Å²) in [7, 11) is 0. The van der Waals surface area contributed by atoms with Gasteiger partial charge in [0.1, 0.15) is 5.37 Å². The molecule has 2 aromatic rings. The first-order valence-electron chi connectivity index (χ1n) is 6.40. The minimum absolute atomic E-state index is 0.0506. The van der Waals surface area contributed by atoms with Crippen molar-refractivity contribution in [3.63, 3.8) is 0 Å². The predicted molar refractivity (Wildman–Crippen MR) is 76.3 cm³/mol. The smallest absolute Gasteiger partial charge is 0.234 e. The van der Waals surface area contributed by atoms with Crippen LogP contribution in [0.2, 0.25) is 0 Å². The topological polar surface area (TPSA) is 33.2 Å². The molecular formula is C15H12F2N2OS. The van der Waals surface area contributed by atoms with Crippen molar-refractivity contribution >= 4 is 17.7 Å². The molecule has 3 nitrogen and oxygen atoms in total. The summed E-state index contributed by atoms with van der Waals surface area (Å²) in [5, 5.41) is -0.214. The zero-order valence-electron chi connectivity index (χ0n) is 11.0. The van der Waals surface area contributed by atoms with Gasteiger partial charge in [-0.1, -0.05) is 18.2 Å². The number of carbonyl (C=O) groups is 1. The molecule has 21 heavy (non-hydrogen) atoms. The molecule has 1 amide bonds. The maximum absolute atomic E-state index is 13.8. The highest BCUT2D eigenvalue weighted by Crippen LogP contribution is 2.39. The number of benzene rings is 1. The van der Waals surface area contributed by atoms with Crippen molar-refractivity contribution < 1.29 is 13.6 Å². The fraction of sp³-hybridized carbons (Fsp3) is 0.200. The zero-order valence-corrected chi connectivity index (χ0v) is 11.8. The van der Waals surface area contributed by atoms with Crippen molar-refractivity contribution in [3.05, 3.63) is 65.5 Å². The van der Waals surface area contributed by atoms with Crippen LogP contribution >= 0.6 is 11.8 Å². The van der Waals surface area contributed by atoms with Crippen LogP contribution in [0.3, 0.4) is 0 Å². The molecule has 3 rings (SSSR count). The molecule has 1 aliphatic heterocycles. The Morgan fingerprint density at radius 2 is 2.14 bits per heavy atom. The van der Waals surface area contributed by atoms with E-state index in [0.29, 0.717) is 5.75 Å². The molecule has 1 atom stereocenters. The van der Waals surface area contributed by atoms with Crippen molar-refractivity contribution in [1.82, 2.24) is 9.88 Å². The Labute approximate surface area is 125 Å². The minimum atomic E-state index is -0.898. The monoisotopic (exact) mass is 306 g/mol. The molecular weight excluding hydrogens is 294 g/mol. The fourth-order valence-electron chi connectivity index (χ4n) is 2.28. The predicted octanol–water partition coefficient (Wildman–Crippen LogP) is 3.13. The van der Waals surface area contributed by atoms with Crippen LogP contribution in [0.25, 0.3) is 0 Å². The Bertz CT molecular complexity index is 666. The van der Waals surface area contributed by atoms with Gasteiger partial charge >= 0.3 is 0 Å². The quantitative estimate of drug-likeness (QED) is 0.873. The molecule has 0 N–H and O–H groups in total. The first-order valence-corrected chi connectivity index (χ1v) is 7.45. The molecule has 1 aromatic heterocycles. The summed E-state index contributed by atoms with van der Waals surface area (Å²) < 4.78 is 27.1. The van der Waals surface area contributed by atoms with E-state index in [1.54, 1.807) is 23.4 Å². The van der Waals surface area contributed by atoms with E-state index in [-0.39, 0.29) is 23.4 Å². The van der Waals surface area contributed by atoms with Crippen LogP contribution in [0.4, 0.5) is 8.78 Å². The van der Waals surface area contributed by atoms with E-state index in [2.05, 4.69) is 4.98 Å². The van der Waals surface area contributed by atoms with Gasteiger partial charge in [0.25, 0.3) is 0 Å². The van der Waals surface area contributed by atoms with Gasteiger partial charge in [-0.15, -0.1) is 11.8 Å². The fourth-order valence-corrected chi connectivity index (χ4v) is 3.45. The third-order valence-corrected chi connectivity index (χ3v) is 4.57. The molecule has 0 saturated carbocycles. The van der Waals surface area contributed by atoms with Crippen LogP contribution in [0.15, 0.2) is 42.7 Å². The number of carbonyl (C=O) groups excluding carboxylic acids is 1. The first-order chi connectivity index (χ1) is 10.2. The van der Waals surface area contributed by atoms with Crippen molar-refractivity contribution in [3.8, 4) is 0 Å². The van der Waals surface area contributed by atoms with Gasteiger partial charge < -0.3 is 4.90 Å². The number of hydrogen-bond donors (Lipinski definition) is 0. The molecule has 1 fully saturated rings. The van der Waals surface area contributed by atoms with E-state index in [9.17, 15) is 13.6 Å². The second-order valence-corrected chi connectivity index (χ2v) is 5.75. The zero-order chi connectivity index (χ0) is 14.8. The molecule has 2 heterocycles. The first kappa shape index (κ1) is 14.0. The number of nitrogens with zero attached hydrogens (tertiary/aromatic N) is 2. The maximum atomic E-state index is 13.8. The third-order valence-electron chi connectivity index (χ3n) is 3.31. The minimum Gasteiger partial charge on any atom is -0.321 e. The summed E-state index contributed by atoms with van der Waals surface area (Å²) in [5.74, 6) is -1.55. The standard InChI is InChI=1S/C15H12F2N2OS/c16-12-5-1-3-11(14(12)17)8-19-13(20)9-21-15(19)10-4-2-6-18-7-10/h1-7,15H,8-9H2. The van der Waals surface area contributed by atoms with Crippen LogP contribution in [0.1, 0.15) is 16.5 Å². The van der Waals surface area contributed by atoms with E-state index in [4.69, 9.17) is 0 Å². The van der Waals surface area contributed by atoms with Crippen LogP contribution in [0.5, 0.6) is 0 Å². The van der Waals surface area contributed by atoms with Gasteiger partial charge in [-0.2, -0.15) is 0 Å². The van der Waals surface area contributed by atoms with E-state index < -0.39 is 11.6 Å². The summed E-state index contributed by atoms with van der Waals surface area (Å²) in [4.78, 5) is 17.6. The number of pyridine rings is 1. The van der Waals surface area contributed by atoms with E-state index in [1.165, 1.54) is 23.9 Å². The molecule has 0 aliphatic carbocycles. The molecule has 0 radical (unpaired) electrons. The van der Waals surface area contributed by atoms with Crippen LogP contribution < -0.4 is 0 Å². The van der Waals surface area contributed by atoms with Gasteiger partial charge in [0.15, 0.2) is 11.6 Å². The molecule has 6 heteroatoms. The lowest BCUT2D eigenvalue weighted by molar-refractivity contribution is -0.128. The second-order valence-electron chi connectivity index (χ2n) is 4.68. The van der Waals surface area contributed by atoms with Crippen LogP contribution in [0, 0.1) is 11.6 Å². The Morgan fingerprint density at radius 3 is 2.90 bits per heavy atom. The summed E-state index contributed by atoms with van der Waals surface area (Å²) in [6, 6.07) is 7.67. The van der Waals surface area contributed by atoms with Gasteiger partial charge in [-0.25, -0.2) is 8.78 Å². The summed E-state index contributed by atoms with van der Waals surface area (Å²) >= 11 is 1.46. The number of aromatic nitrogens is 1. The SMILES string of the molecule is O=C1CSC(c2cccnc2)N1Cc1cccc(F)c1F. The molecule has 1 unspecified atom stereocenters. The highest BCUT2D eigenvalue weighted by Gasteiger charge is 2.33. The van der Waals surface area contributed by atoms with E-state index in [1.807, 2.05) is 6.07 Å². The highest BCUT2D eigenvalue weighted by molar-refractivity contribution is 8.00. The number of hydrogen-bond acceptors (Lipinski definition) is 3. The molecule has 1 aromatic carbocycles. The lowest BCUT2D eigenvalue weighted by Gasteiger charge is -2.24. The van der Waals surface area contributed by atoms with Crippen LogP contribution in [-0.2, 0) is 11.3 Å². The Kier molecular flexibility index (Phi) is 3.88. The van der Waals surface area contributed by atoms with Crippen molar-refractivity contribution in [1.29, 1.82) is 0 Å². The van der Waals surface area contributed by atoms with Gasteiger partial charge in [0.05, 0.1) is 12.3 Å². The van der Waals surface area contributed by atoms with Gasteiger partial charge in [0.2, 0.25) is 5.91 Å². The average molecular weight is 306 g/mol. The van der Waals surface area contributed by atoms with Gasteiger partial charge in [-0.3, -0.25) is 9.78 Å². The molecule has 0 bridgehead atoms. The number of rotatable bonds is 3. The van der Waals surface area contributed by atoms with E-state index in [0.717, 1.165) is 11.6 Å². The molecule has 0 spiro atoms. The van der Waals surface area contributed by atoms with Crippen molar-refractivity contribution in [2.24, 2.45) is 0 Å². The average Bonchev–Trinajstić information content (AvgIpc) is 2.86. The second kappa shape index (κ2) is 5.81. The maximum Gasteiger partial charge on any atom is 0.234 e. The molecule has 108 valence electrons. The lowest BCUT2D eigenvalue weighted by Crippen LogP contribution is -2.28. The van der Waals surface area contributed by atoms with Gasteiger partial charge in [-0.05, 0) is 12.1 Å². The normalized spacial score (nSPS) is 18.3. The summed E-state index contributed by atoms with van der Waals surface area (Å²) in [6.07, 6.45) is 3.34. The van der Waals surface area contributed by atoms with E-state index >= 15 is 0 Å². The van der Waals surface area contributed by atoms with Crippen LogP contribution in [-0.4, -0.2) is 21.5 Å². The number of thioether (sulfide) groups is 1. The lowest BCUT2D eigenvalue weighted by atomic mass is 10.1. The largest absolute Gasteiger partial charge is 0.321 e. The molecule has 1 saturated heterocycles.